The first kappa shape index (κ1) is 16.0. The molecule has 0 aromatic rings. The van der Waals surface area contributed by atoms with Gasteiger partial charge in [0, 0.05) is 13.6 Å². The summed E-state index contributed by atoms with van der Waals surface area (Å²) in [5.74, 6) is -0.240. The summed E-state index contributed by atoms with van der Waals surface area (Å²) in [6, 6.07) is 0. The highest BCUT2D eigenvalue weighted by molar-refractivity contribution is 5.86. The van der Waals surface area contributed by atoms with Crippen molar-refractivity contribution in [3.63, 3.8) is 0 Å². The fraction of sp³-hybridized carbons (Fsp3) is 0.867. The molecule has 19 heavy (non-hydrogen) atoms. The van der Waals surface area contributed by atoms with Crippen molar-refractivity contribution in [3.8, 4) is 0 Å². The van der Waals surface area contributed by atoms with Gasteiger partial charge in [0.1, 0.15) is 0 Å². The second-order valence-electron chi connectivity index (χ2n) is 6.47. The maximum atomic E-state index is 12.2. The van der Waals surface area contributed by atoms with Gasteiger partial charge in [0.2, 0.25) is 5.91 Å². The maximum absolute atomic E-state index is 12.2. The van der Waals surface area contributed by atoms with Crippen LogP contribution in [0.2, 0.25) is 0 Å². The highest BCUT2D eigenvalue weighted by atomic mass is 16.4. The maximum Gasteiger partial charge on any atom is 0.304 e. The number of carbonyl (C=O) groups excluding carboxylic acids is 1. The lowest BCUT2D eigenvalue weighted by molar-refractivity contribution is -0.148. The van der Waals surface area contributed by atoms with E-state index in [-0.39, 0.29) is 12.3 Å². The summed E-state index contributed by atoms with van der Waals surface area (Å²) < 4.78 is 0. The monoisotopic (exact) mass is 269 g/mol. The molecule has 1 aliphatic carbocycles. The Balaban J connectivity index is 2.40. The Morgan fingerprint density at radius 1 is 1.21 bits per heavy atom. The molecule has 1 fully saturated rings. The van der Waals surface area contributed by atoms with Crippen molar-refractivity contribution in [2.24, 2.45) is 11.3 Å². The molecular formula is C15H27NO3. The number of aliphatic carboxylic acids is 1. The number of hydrogen-bond acceptors (Lipinski definition) is 2. The van der Waals surface area contributed by atoms with Crippen molar-refractivity contribution in [2.45, 2.75) is 58.8 Å². The Morgan fingerprint density at radius 2 is 1.79 bits per heavy atom. The van der Waals surface area contributed by atoms with Gasteiger partial charge in [-0.15, -0.1) is 0 Å². The third-order valence-corrected chi connectivity index (χ3v) is 4.12. The van der Waals surface area contributed by atoms with Crippen LogP contribution >= 0.6 is 0 Å². The highest BCUT2D eigenvalue weighted by Gasteiger charge is 2.33. The average Bonchev–Trinajstić information content (AvgIpc) is 2.34. The van der Waals surface area contributed by atoms with E-state index in [0.717, 1.165) is 18.9 Å². The van der Waals surface area contributed by atoms with Gasteiger partial charge in [0.05, 0.1) is 11.8 Å². The van der Waals surface area contributed by atoms with Crippen LogP contribution in [0.15, 0.2) is 0 Å². The van der Waals surface area contributed by atoms with Crippen LogP contribution in [0.4, 0.5) is 0 Å². The van der Waals surface area contributed by atoms with Crippen molar-refractivity contribution in [3.05, 3.63) is 0 Å². The van der Waals surface area contributed by atoms with Crippen molar-refractivity contribution >= 4 is 11.9 Å². The minimum Gasteiger partial charge on any atom is -0.481 e. The lowest BCUT2D eigenvalue weighted by atomic mass is 9.85. The van der Waals surface area contributed by atoms with Crippen LogP contribution in [0.5, 0.6) is 0 Å². The smallest absolute Gasteiger partial charge is 0.304 e. The molecule has 0 unspecified atom stereocenters. The van der Waals surface area contributed by atoms with Gasteiger partial charge in [-0.1, -0.05) is 46.0 Å². The van der Waals surface area contributed by atoms with E-state index in [4.69, 9.17) is 5.11 Å². The van der Waals surface area contributed by atoms with E-state index in [2.05, 4.69) is 0 Å². The predicted molar refractivity (Wildman–Crippen MR) is 74.9 cm³/mol. The summed E-state index contributed by atoms with van der Waals surface area (Å²) >= 11 is 0. The van der Waals surface area contributed by atoms with Crippen LogP contribution in [0.3, 0.4) is 0 Å². The first-order chi connectivity index (χ1) is 8.83. The minimum absolute atomic E-state index is 0.0642. The number of carboxylic acids is 1. The Hall–Kier alpha value is -1.06. The van der Waals surface area contributed by atoms with Gasteiger partial charge in [-0.05, 0) is 12.3 Å². The van der Waals surface area contributed by atoms with Gasteiger partial charge in [0.15, 0.2) is 0 Å². The third kappa shape index (κ3) is 5.21. The molecule has 4 heteroatoms. The van der Waals surface area contributed by atoms with Gasteiger partial charge in [-0.2, -0.15) is 0 Å². The molecule has 1 saturated carbocycles. The SMILES string of the molecule is CN(CCC1CCCCC1)C(=O)C(C)(C)CC(=O)O. The van der Waals surface area contributed by atoms with Crippen molar-refractivity contribution in [2.75, 3.05) is 13.6 Å². The molecule has 0 aromatic carbocycles. The summed E-state index contributed by atoms with van der Waals surface area (Å²) in [7, 11) is 1.79. The predicted octanol–water partition coefficient (Wildman–Crippen LogP) is 2.92. The van der Waals surface area contributed by atoms with E-state index >= 15 is 0 Å². The van der Waals surface area contributed by atoms with Crippen LogP contribution in [0.1, 0.15) is 58.8 Å². The molecule has 0 spiro atoms. The number of nitrogens with zero attached hydrogens (tertiary/aromatic N) is 1. The van der Waals surface area contributed by atoms with Gasteiger partial charge < -0.3 is 10.0 Å². The first-order valence-corrected chi connectivity index (χ1v) is 7.30. The molecule has 0 bridgehead atoms. The van der Waals surface area contributed by atoms with Crippen LogP contribution in [0.25, 0.3) is 0 Å². The molecule has 0 aromatic heterocycles. The molecule has 0 atom stereocenters. The van der Waals surface area contributed by atoms with E-state index in [1.807, 2.05) is 0 Å². The summed E-state index contributed by atoms with van der Waals surface area (Å²) in [5.41, 5.74) is -0.812. The van der Waals surface area contributed by atoms with Gasteiger partial charge in [-0.3, -0.25) is 9.59 Å². The largest absolute Gasteiger partial charge is 0.481 e. The Kier molecular flexibility index (Phi) is 5.83. The molecule has 4 nitrogen and oxygen atoms in total. The Labute approximate surface area is 116 Å². The standard InChI is InChI=1S/C15H27NO3/c1-15(2,11-13(17)18)14(19)16(3)10-9-12-7-5-4-6-8-12/h12H,4-11H2,1-3H3,(H,17,18). The number of hydrogen-bond donors (Lipinski definition) is 1. The summed E-state index contributed by atoms with van der Waals surface area (Å²) in [6.07, 6.45) is 7.46. The molecule has 0 saturated heterocycles. The van der Waals surface area contributed by atoms with E-state index in [1.54, 1.807) is 25.8 Å². The first-order valence-electron chi connectivity index (χ1n) is 7.30. The highest BCUT2D eigenvalue weighted by Crippen LogP contribution is 2.27. The second kappa shape index (κ2) is 6.92. The fourth-order valence-electron chi connectivity index (χ4n) is 2.92. The van der Waals surface area contributed by atoms with Gasteiger partial charge in [-0.25, -0.2) is 0 Å². The normalized spacial score (nSPS) is 17.2. The lowest BCUT2D eigenvalue weighted by Crippen LogP contribution is -2.40. The van der Waals surface area contributed by atoms with Crippen LogP contribution in [-0.4, -0.2) is 35.5 Å². The Morgan fingerprint density at radius 3 is 2.32 bits per heavy atom. The van der Waals surface area contributed by atoms with Crippen LogP contribution in [0, 0.1) is 11.3 Å². The molecule has 1 N–H and O–H groups in total. The van der Waals surface area contributed by atoms with Gasteiger partial charge in [0.25, 0.3) is 0 Å². The number of carboxylic acid groups (broad SMARTS) is 1. The van der Waals surface area contributed by atoms with E-state index in [9.17, 15) is 9.59 Å². The molecule has 0 heterocycles. The van der Waals surface area contributed by atoms with Gasteiger partial charge >= 0.3 is 5.97 Å². The van der Waals surface area contributed by atoms with E-state index in [1.165, 1.54) is 32.1 Å². The molecular weight excluding hydrogens is 242 g/mol. The van der Waals surface area contributed by atoms with Crippen LogP contribution < -0.4 is 0 Å². The zero-order valence-electron chi connectivity index (χ0n) is 12.4. The topological polar surface area (TPSA) is 57.6 Å². The van der Waals surface area contributed by atoms with Crippen molar-refractivity contribution < 1.29 is 14.7 Å². The molecule has 1 aliphatic rings. The zero-order valence-corrected chi connectivity index (χ0v) is 12.4. The lowest BCUT2D eigenvalue weighted by Gasteiger charge is -2.30. The van der Waals surface area contributed by atoms with Crippen LogP contribution in [-0.2, 0) is 9.59 Å². The van der Waals surface area contributed by atoms with E-state index in [0.29, 0.717) is 0 Å². The summed E-state index contributed by atoms with van der Waals surface area (Å²) in [4.78, 5) is 24.7. The number of carbonyl (C=O) groups is 2. The molecule has 1 amide bonds. The quantitative estimate of drug-likeness (QED) is 0.806. The van der Waals surface area contributed by atoms with E-state index < -0.39 is 11.4 Å². The molecule has 0 radical (unpaired) electrons. The molecule has 1 rings (SSSR count). The average molecular weight is 269 g/mol. The Bertz CT molecular complexity index is 319. The fourth-order valence-corrected chi connectivity index (χ4v) is 2.92. The number of amides is 1. The minimum atomic E-state index is -0.918. The second-order valence-corrected chi connectivity index (χ2v) is 6.47. The molecule has 0 aliphatic heterocycles. The van der Waals surface area contributed by atoms with Crippen molar-refractivity contribution in [1.29, 1.82) is 0 Å². The molecule has 110 valence electrons. The summed E-state index contributed by atoms with van der Waals surface area (Å²) in [6.45, 7) is 4.16. The summed E-state index contributed by atoms with van der Waals surface area (Å²) in [5, 5.41) is 8.84. The third-order valence-electron chi connectivity index (χ3n) is 4.12. The number of rotatable bonds is 6. The zero-order chi connectivity index (χ0) is 14.5. The van der Waals surface area contributed by atoms with Crippen molar-refractivity contribution in [1.82, 2.24) is 4.90 Å².